The Kier molecular flexibility index (Phi) is 6.66. The van der Waals surface area contributed by atoms with Gasteiger partial charge in [-0.05, 0) is 49.9 Å². The predicted octanol–water partition coefficient (Wildman–Crippen LogP) is 3.05. The number of nitrogens with one attached hydrogen (secondary N) is 1. The molecule has 0 saturated carbocycles. The molecule has 24 heavy (non-hydrogen) atoms. The number of rotatable bonds is 6. The molecule has 134 valence electrons. The third-order valence-corrected chi connectivity index (χ3v) is 6.67. The summed E-state index contributed by atoms with van der Waals surface area (Å²) in [5, 5.41) is 3.52. The van der Waals surface area contributed by atoms with Gasteiger partial charge in [-0.2, -0.15) is 4.31 Å². The Bertz CT molecular complexity index is 657. The van der Waals surface area contributed by atoms with Gasteiger partial charge in [-0.1, -0.05) is 25.4 Å². The first-order valence-electron chi connectivity index (χ1n) is 8.44. The van der Waals surface area contributed by atoms with Crippen LogP contribution in [0.15, 0.2) is 29.2 Å². The summed E-state index contributed by atoms with van der Waals surface area (Å²) < 4.78 is 26.9. The van der Waals surface area contributed by atoms with Crippen LogP contribution < -0.4 is 5.32 Å². The summed E-state index contributed by atoms with van der Waals surface area (Å²) >= 11 is 5.83. The standard InChI is InChI=1S/C17H25ClN2O3S/c1-3-15(4-2)19-17(21)13-6-5-11-20(12-13)24(22,23)16-9-7-14(18)8-10-16/h7-10,13,15H,3-6,11-12H2,1-2H3,(H,19,21)/t13-/m1/s1. The maximum Gasteiger partial charge on any atom is 0.243 e. The number of piperidine rings is 1. The third kappa shape index (κ3) is 4.49. The van der Waals surface area contributed by atoms with E-state index in [1.807, 2.05) is 13.8 Å². The first kappa shape index (κ1) is 19.2. The average molecular weight is 373 g/mol. The van der Waals surface area contributed by atoms with Crippen LogP contribution in [0, 0.1) is 5.92 Å². The van der Waals surface area contributed by atoms with Gasteiger partial charge in [-0.3, -0.25) is 4.79 Å². The van der Waals surface area contributed by atoms with Crippen molar-refractivity contribution in [3.8, 4) is 0 Å². The molecular formula is C17H25ClN2O3S. The van der Waals surface area contributed by atoms with Crippen LogP contribution in [0.3, 0.4) is 0 Å². The molecule has 2 rings (SSSR count). The molecule has 1 aromatic rings. The predicted molar refractivity (Wildman–Crippen MR) is 95.4 cm³/mol. The molecule has 0 bridgehead atoms. The molecule has 0 unspecified atom stereocenters. The van der Waals surface area contributed by atoms with Crippen molar-refractivity contribution >= 4 is 27.5 Å². The van der Waals surface area contributed by atoms with Gasteiger partial charge in [-0.25, -0.2) is 8.42 Å². The summed E-state index contributed by atoms with van der Waals surface area (Å²) in [7, 11) is -3.59. The number of hydrogen-bond acceptors (Lipinski definition) is 3. The quantitative estimate of drug-likeness (QED) is 0.834. The van der Waals surface area contributed by atoms with Gasteiger partial charge in [-0.15, -0.1) is 0 Å². The normalized spacial score (nSPS) is 19.4. The molecule has 1 aliphatic heterocycles. The van der Waals surface area contributed by atoms with E-state index in [-0.39, 0.29) is 29.3 Å². The molecule has 1 heterocycles. The van der Waals surface area contributed by atoms with Crippen LogP contribution in [0.25, 0.3) is 0 Å². The van der Waals surface area contributed by atoms with E-state index in [0.717, 1.165) is 19.3 Å². The van der Waals surface area contributed by atoms with E-state index in [9.17, 15) is 13.2 Å². The highest BCUT2D eigenvalue weighted by Gasteiger charge is 2.33. The van der Waals surface area contributed by atoms with Crippen molar-refractivity contribution in [1.29, 1.82) is 0 Å². The van der Waals surface area contributed by atoms with E-state index in [1.54, 1.807) is 12.1 Å². The van der Waals surface area contributed by atoms with Crippen molar-refractivity contribution in [3.63, 3.8) is 0 Å². The SMILES string of the molecule is CCC(CC)NC(=O)[C@@H]1CCCN(S(=O)(=O)c2ccc(Cl)cc2)C1. The molecule has 0 aromatic heterocycles. The van der Waals surface area contributed by atoms with E-state index >= 15 is 0 Å². The summed E-state index contributed by atoms with van der Waals surface area (Å²) in [6.07, 6.45) is 3.16. The minimum Gasteiger partial charge on any atom is -0.353 e. The maximum absolute atomic E-state index is 12.8. The summed E-state index contributed by atoms with van der Waals surface area (Å²) in [4.78, 5) is 12.6. The summed E-state index contributed by atoms with van der Waals surface area (Å²) in [5.74, 6) is -0.332. The lowest BCUT2D eigenvalue weighted by atomic mass is 9.98. The smallest absolute Gasteiger partial charge is 0.243 e. The van der Waals surface area contributed by atoms with E-state index < -0.39 is 10.0 Å². The van der Waals surface area contributed by atoms with E-state index in [0.29, 0.717) is 18.0 Å². The second-order valence-electron chi connectivity index (χ2n) is 6.18. The van der Waals surface area contributed by atoms with Crippen LogP contribution in [-0.4, -0.2) is 37.8 Å². The highest BCUT2D eigenvalue weighted by molar-refractivity contribution is 7.89. The maximum atomic E-state index is 12.8. The fourth-order valence-electron chi connectivity index (χ4n) is 2.94. The molecule has 0 spiro atoms. The largest absolute Gasteiger partial charge is 0.353 e. The fraction of sp³-hybridized carbons (Fsp3) is 0.588. The van der Waals surface area contributed by atoms with Crippen LogP contribution in [0.2, 0.25) is 5.02 Å². The molecule has 1 fully saturated rings. The van der Waals surface area contributed by atoms with Crippen LogP contribution in [0.4, 0.5) is 0 Å². The number of nitrogens with zero attached hydrogens (tertiary/aromatic N) is 1. The molecule has 7 heteroatoms. The molecule has 0 aliphatic carbocycles. The van der Waals surface area contributed by atoms with Crippen molar-refractivity contribution < 1.29 is 13.2 Å². The number of benzene rings is 1. The van der Waals surface area contributed by atoms with Gasteiger partial charge in [0.15, 0.2) is 0 Å². The zero-order valence-corrected chi connectivity index (χ0v) is 15.7. The molecule has 0 radical (unpaired) electrons. The Labute approximate surface area is 149 Å². The lowest BCUT2D eigenvalue weighted by molar-refractivity contribution is -0.126. The summed E-state index contributed by atoms with van der Waals surface area (Å²) in [5.41, 5.74) is 0. The Morgan fingerprint density at radius 3 is 2.50 bits per heavy atom. The van der Waals surface area contributed by atoms with E-state index in [4.69, 9.17) is 11.6 Å². The first-order chi connectivity index (χ1) is 11.4. The van der Waals surface area contributed by atoms with Crippen molar-refractivity contribution in [2.45, 2.75) is 50.5 Å². The van der Waals surface area contributed by atoms with Gasteiger partial charge < -0.3 is 5.32 Å². The monoisotopic (exact) mass is 372 g/mol. The molecule has 1 N–H and O–H groups in total. The van der Waals surface area contributed by atoms with Gasteiger partial charge >= 0.3 is 0 Å². The first-order valence-corrected chi connectivity index (χ1v) is 10.3. The van der Waals surface area contributed by atoms with Crippen LogP contribution >= 0.6 is 11.6 Å². The van der Waals surface area contributed by atoms with E-state index in [2.05, 4.69) is 5.32 Å². The Morgan fingerprint density at radius 2 is 1.92 bits per heavy atom. The minimum atomic E-state index is -3.59. The van der Waals surface area contributed by atoms with Crippen molar-refractivity contribution in [2.75, 3.05) is 13.1 Å². The van der Waals surface area contributed by atoms with Gasteiger partial charge in [0.1, 0.15) is 0 Å². The molecule has 1 aromatic carbocycles. The Balaban J connectivity index is 2.09. The number of carbonyl (C=O) groups excluding carboxylic acids is 1. The lowest BCUT2D eigenvalue weighted by Crippen LogP contribution is -2.47. The summed E-state index contributed by atoms with van der Waals surface area (Å²) in [6.45, 7) is 4.75. The van der Waals surface area contributed by atoms with Gasteiger partial charge in [0.05, 0.1) is 10.8 Å². The Morgan fingerprint density at radius 1 is 1.29 bits per heavy atom. The average Bonchev–Trinajstić information content (AvgIpc) is 2.60. The molecule has 1 atom stereocenters. The van der Waals surface area contributed by atoms with Crippen LogP contribution in [-0.2, 0) is 14.8 Å². The third-order valence-electron chi connectivity index (χ3n) is 4.54. The van der Waals surface area contributed by atoms with Crippen molar-refractivity contribution in [3.05, 3.63) is 29.3 Å². The highest BCUT2D eigenvalue weighted by atomic mass is 35.5. The topological polar surface area (TPSA) is 66.5 Å². The zero-order valence-electron chi connectivity index (χ0n) is 14.2. The number of sulfonamides is 1. The second-order valence-corrected chi connectivity index (χ2v) is 8.55. The van der Waals surface area contributed by atoms with Gasteiger partial charge in [0, 0.05) is 24.2 Å². The van der Waals surface area contributed by atoms with Gasteiger partial charge in [0.2, 0.25) is 15.9 Å². The van der Waals surface area contributed by atoms with E-state index in [1.165, 1.54) is 16.4 Å². The van der Waals surface area contributed by atoms with Crippen molar-refractivity contribution in [1.82, 2.24) is 9.62 Å². The number of carbonyl (C=O) groups is 1. The lowest BCUT2D eigenvalue weighted by Gasteiger charge is -2.32. The Hall–Kier alpha value is -1.11. The molecule has 1 amide bonds. The number of amides is 1. The number of hydrogen-bond donors (Lipinski definition) is 1. The molecule has 1 saturated heterocycles. The van der Waals surface area contributed by atoms with Crippen LogP contribution in [0.1, 0.15) is 39.5 Å². The van der Waals surface area contributed by atoms with Crippen molar-refractivity contribution in [2.24, 2.45) is 5.92 Å². The zero-order chi connectivity index (χ0) is 17.7. The second kappa shape index (κ2) is 8.32. The number of halogens is 1. The molecule has 1 aliphatic rings. The van der Waals surface area contributed by atoms with Crippen LogP contribution in [0.5, 0.6) is 0 Å². The fourth-order valence-corrected chi connectivity index (χ4v) is 4.59. The highest BCUT2D eigenvalue weighted by Crippen LogP contribution is 2.25. The molecular weight excluding hydrogens is 348 g/mol. The summed E-state index contributed by atoms with van der Waals surface area (Å²) in [6, 6.07) is 6.29. The molecule has 5 nitrogen and oxygen atoms in total. The van der Waals surface area contributed by atoms with Gasteiger partial charge in [0.25, 0.3) is 0 Å². The minimum absolute atomic E-state index is 0.0419.